The highest BCUT2D eigenvalue weighted by molar-refractivity contribution is 5.97. The predicted octanol–water partition coefficient (Wildman–Crippen LogP) is 1.20. The zero-order chi connectivity index (χ0) is 18.3. The number of anilines is 1. The van der Waals surface area contributed by atoms with E-state index in [0.29, 0.717) is 12.0 Å². The molecule has 0 unspecified atom stereocenters. The van der Waals surface area contributed by atoms with Crippen molar-refractivity contribution >= 4 is 17.4 Å². The average Bonchev–Trinajstić information content (AvgIpc) is 3.18. The van der Waals surface area contributed by atoms with Crippen LogP contribution in [0.2, 0.25) is 0 Å². The monoisotopic (exact) mass is 354 g/mol. The Morgan fingerprint density at radius 3 is 2.85 bits per heavy atom. The number of ketones is 1. The maximum absolute atomic E-state index is 12.8. The first-order chi connectivity index (χ1) is 12.4. The maximum Gasteiger partial charge on any atom is 0.335 e. The molecule has 6 heteroatoms. The van der Waals surface area contributed by atoms with E-state index in [9.17, 15) is 14.7 Å². The van der Waals surface area contributed by atoms with Crippen LogP contribution in [0.1, 0.15) is 25.3 Å². The van der Waals surface area contributed by atoms with Gasteiger partial charge in [-0.2, -0.15) is 0 Å². The Morgan fingerprint density at radius 1 is 1.35 bits per heavy atom. The summed E-state index contributed by atoms with van der Waals surface area (Å²) in [7, 11) is 1.35. The summed E-state index contributed by atoms with van der Waals surface area (Å²) in [4.78, 5) is 27.4. The minimum atomic E-state index is -1.56. The van der Waals surface area contributed by atoms with Crippen LogP contribution >= 0.6 is 0 Å². The van der Waals surface area contributed by atoms with Crippen molar-refractivity contribution in [3.05, 3.63) is 41.1 Å². The molecular formula is C20H22N2O4. The quantitative estimate of drug-likeness (QED) is 0.777. The largest absolute Gasteiger partial charge is 0.466 e. The SMILES string of the molecule is COC(=O)C1=C2Nc3ccccc3[C@@]23CCN2C[C@@](O)(C(C)=O)[C@@H]1C[C@H]23. The first-order valence-corrected chi connectivity index (χ1v) is 9.10. The van der Waals surface area contributed by atoms with Gasteiger partial charge in [0.15, 0.2) is 5.78 Å². The fourth-order valence-electron chi connectivity index (χ4n) is 5.85. The normalized spacial score (nSPS) is 37.0. The van der Waals surface area contributed by atoms with Crippen LogP contribution in [-0.2, 0) is 19.7 Å². The summed E-state index contributed by atoms with van der Waals surface area (Å²) in [6, 6.07) is 8.32. The summed E-state index contributed by atoms with van der Waals surface area (Å²) in [5.41, 5.74) is 1.64. The summed E-state index contributed by atoms with van der Waals surface area (Å²) in [5, 5.41) is 14.7. The molecule has 136 valence electrons. The number of esters is 1. The van der Waals surface area contributed by atoms with Gasteiger partial charge in [0.25, 0.3) is 0 Å². The molecule has 0 amide bonds. The van der Waals surface area contributed by atoms with Crippen LogP contribution in [0.25, 0.3) is 0 Å². The lowest BCUT2D eigenvalue weighted by Crippen LogP contribution is -2.65. The predicted molar refractivity (Wildman–Crippen MR) is 94.5 cm³/mol. The average molecular weight is 354 g/mol. The number of carbonyl (C=O) groups excluding carboxylic acids is 2. The van der Waals surface area contributed by atoms with Gasteiger partial charge in [-0.3, -0.25) is 9.69 Å². The molecule has 0 saturated carbocycles. The van der Waals surface area contributed by atoms with Crippen LogP contribution < -0.4 is 5.32 Å². The fourth-order valence-corrected chi connectivity index (χ4v) is 5.85. The minimum absolute atomic E-state index is 0.173. The molecule has 0 aromatic heterocycles. The Hall–Kier alpha value is -2.18. The summed E-state index contributed by atoms with van der Waals surface area (Å²) < 4.78 is 5.09. The molecule has 5 rings (SSSR count). The number of fused-ring (bicyclic) bond motifs is 2. The molecule has 3 heterocycles. The number of aliphatic hydroxyl groups is 1. The second-order valence-electron chi connectivity index (χ2n) is 7.93. The van der Waals surface area contributed by atoms with Gasteiger partial charge >= 0.3 is 5.97 Å². The summed E-state index contributed by atoms with van der Waals surface area (Å²) in [5.74, 6) is -1.29. The highest BCUT2D eigenvalue weighted by atomic mass is 16.5. The number of ether oxygens (including phenoxy) is 1. The standard InChI is InChI=1S/C20H22N2O4/c1-11(23)20(25)10-22-8-7-19-12-5-3-4-6-14(12)21-17(19)16(18(24)26-2)13(20)9-15(19)22/h3-6,13,15,21,25H,7-10H2,1-2H3/t13-,15+,19-,20-/m1/s1. The lowest BCUT2D eigenvalue weighted by molar-refractivity contribution is -0.154. The number of nitrogens with one attached hydrogen (secondary N) is 1. The summed E-state index contributed by atoms with van der Waals surface area (Å²) in [6.07, 6.45) is 1.44. The smallest absolute Gasteiger partial charge is 0.335 e. The maximum atomic E-state index is 12.8. The highest BCUT2D eigenvalue weighted by Gasteiger charge is 2.66. The number of methoxy groups -OCH3 is 1. The number of benzene rings is 1. The zero-order valence-electron chi connectivity index (χ0n) is 14.9. The van der Waals surface area contributed by atoms with E-state index in [1.807, 2.05) is 18.2 Å². The first kappa shape index (κ1) is 16.0. The molecule has 1 aromatic carbocycles. The highest BCUT2D eigenvalue weighted by Crippen LogP contribution is 2.61. The third-order valence-electron chi connectivity index (χ3n) is 7.03. The van der Waals surface area contributed by atoms with Gasteiger partial charge in [-0.1, -0.05) is 18.2 Å². The molecule has 6 nitrogen and oxygen atoms in total. The van der Waals surface area contributed by atoms with Crippen molar-refractivity contribution in [2.45, 2.75) is 36.8 Å². The van der Waals surface area contributed by atoms with Crippen molar-refractivity contribution in [2.75, 3.05) is 25.5 Å². The molecule has 26 heavy (non-hydrogen) atoms. The van der Waals surface area contributed by atoms with Crippen LogP contribution in [-0.4, -0.2) is 53.6 Å². The van der Waals surface area contributed by atoms with Gasteiger partial charge in [-0.05, 0) is 37.9 Å². The van der Waals surface area contributed by atoms with Gasteiger partial charge < -0.3 is 15.2 Å². The second-order valence-corrected chi connectivity index (χ2v) is 7.93. The molecule has 2 N–H and O–H groups in total. The lowest BCUT2D eigenvalue weighted by Gasteiger charge is -2.53. The number of hydrogen-bond acceptors (Lipinski definition) is 6. The number of nitrogens with zero attached hydrogens (tertiary/aromatic N) is 1. The van der Waals surface area contributed by atoms with Crippen molar-refractivity contribution in [1.82, 2.24) is 4.90 Å². The summed E-state index contributed by atoms with van der Waals surface area (Å²) in [6.45, 7) is 2.48. The summed E-state index contributed by atoms with van der Waals surface area (Å²) >= 11 is 0. The van der Waals surface area contributed by atoms with Crippen LogP contribution in [0, 0.1) is 5.92 Å². The number of rotatable bonds is 2. The van der Waals surface area contributed by atoms with Crippen molar-refractivity contribution in [1.29, 1.82) is 0 Å². The van der Waals surface area contributed by atoms with Gasteiger partial charge in [-0.25, -0.2) is 4.79 Å². The molecule has 1 spiro atoms. The molecule has 3 aliphatic heterocycles. The minimum Gasteiger partial charge on any atom is -0.466 e. The Balaban J connectivity index is 1.82. The van der Waals surface area contributed by atoms with E-state index in [4.69, 9.17) is 4.74 Å². The molecule has 4 atom stereocenters. The Bertz CT molecular complexity index is 878. The first-order valence-electron chi connectivity index (χ1n) is 9.10. The van der Waals surface area contributed by atoms with E-state index in [2.05, 4.69) is 16.3 Å². The Kier molecular flexibility index (Phi) is 3.06. The van der Waals surface area contributed by atoms with Crippen LogP contribution in [0.15, 0.2) is 35.5 Å². The van der Waals surface area contributed by atoms with Crippen LogP contribution in [0.3, 0.4) is 0 Å². The van der Waals surface area contributed by atoms with Crippen LogP contribution in [0.4, 0.5) is 5.69 Å². The van der Waals surface area contributed by atoms with E-state index >= 15 is 0 Å². The van der Waals surface area contributed by atoms with Gasteiger partial charge in [-0.15, -0.1) is 0 Å². The van der Waals surface area contributed by atoms with Gasteiger partial charge in [0.1, 0.15) is 5.60 Å². The Labute approximate surface area is 151 Å². The molecule has 2 bridgehead atoms. The second kappa shape index (κ2) is 4.96. The fraction of sp³-hybridized carbons (Fsp3) is 0.500. The number of para-hydroxylation sites is 1. The van der Waals surface area contributed by atoms with Gasteiger partial charge in [0, 0.05) is 29.9 Å². The third-order valence-corrected chi connectivity index (χ3v) is 7.03. The molecule has 4 aliphatic rings. The van der Waals surface area contributed by atoms with Gasteiger partial charge in [0.2, 0.25) is 0 Å². The number of piperidine rings is 1. The molecule has 2 fully saturated rings. The molecule has 1 aromatic rings. The number of hydrogen-bond donors (Lipinski definition) is 2. The number of Topliss-reactive ketones (excluding diaryl/α,β-unsaturated/α-hetero) is 1. The third kappa shape index (κ3) is 1.65. The molecular weight excluding hydrogens is 332 g/mol. The van der Waals surface area contributed by atoms with E-state index in [1.165, 1.54) is 19.6 Å². The van der Waals surface area contributed by atoms with Crippen molar-refractivity contribution in [3.63, 3.8) is 0 Å². The van der Waals surface area contributed by atoms with Crippen molar-refractivity contribution in [3.8, 4) is 0 Å². The van der Waals surface area contributed by atoms with Gasteiger partial charge in [0.05, 0.1) is 18.1 Å². The lowest BCUT2D eigenvalue weighted by atomic mass is 9.59. The Morgan fingerprint density at radius 2 is 2.12 bits per heavy atom. The van der Waals surface area contributed by atoms with Crippen molar-refractivity contribution in [2.24, 2.45) is 5.92 Å². The van der Waals surface area contributed by atoms with E-state index in [1.54, 1.807) is 0 Å². The van der Waals surface area contributed by atoms with Crippen molar-refractivity contribution < 1.29 is 19.4 Å². The molecule has 0 radical (unpaired) electrons. The molecule has 2 saturated heterocycles. The van der Waals surface area contributed by atoms with E-state index in [-0.39, 0.29) is 23.8 Å². The topological polar surface area (TPSA) is 78.9 Å². The molecule has 1 aliphatic carbocycles. The number of carbonyl (C=O) groups is 2. The van der Waals surface area contributed by atoms with E-state index < -0.39 is 17.5 Å². The van der Waals surface area contributed by atoms with E-state index in [0.717, 1.165) is 24.4 Å². The van der Waals surface area contributed by atoms with Crippen LogP contribution in [0.5, 0.6) is 0 Å². The zero-order valence-corrected chi connectivity index (χ0v) is 14.9.